The minimum Gasteiger partial charge on any atom is -0.358 e. The number of rotatable bonds is 7. The average molecular weight is 499 g/mol. The molecule has 0 amide bonds. The van der Waals surface area contributed by atoms with E-state index in [1.807, 2.05) is 5.10 Å². The van der Waals surface area contributed by atoms with Crippen LogP contribution in [0.5, 0.6) is 0 Å². The number of hydrogen-bond acceptors (Lipinski definition) is 6. The predicted octanol–water partition coefficient (Wildman–Crippen LogP) is 4.74. The molecule has 0 aliphatic carbocycles. The van der Waals surface area contributed by atoms with Crippen LogP contribution in [0.15, 0.2) is 30.5 Å². The molecule has 3 heterocycles. The zero-order valence-corrected chi connectivity index (χ0v) is 17.5. The van der Waals surface area contributed by atoms with Crippen molar-refractivity contribution < 1.29 is 35.9 Å². The maximum absolute atomic E-state index is 13.9. The van der Waals surface area contributed by atoms with Crippen molar-refractivity contribution in [3.05, 3.63) is 75.4 Å². The van der Waals surface area contributed by atoms with Gasteiger partial charge in [0, 0.05) is 36.7 Å². The van der Waals surface area contributed by atoms with E-state index in [9.17, 15) is 35.9 Å². The van der Waals surface area contributed by atoms with Gasteiger partial charge in [0.25, 0.3) is 0 Å². The van der Waals surface area contributed by atoms with Gasteiger partial charge in [0.05, 0.1) is 11.3 Å². The number of aromatic amines is 2. The number of carbonyl (C=O) groups excluding carboxylic acids is 2. The van der Waals surface area contributed by atoms with Crippen molar-refractivity contribution in [2.24, 2.45) is 0 Å². The third kappa shape index (κ3) is 4.76. The predicted molar refractivity (Wildman–Crippen MR) is 106 cm³/mol. The van der Waals surface area contributed by atoms with Crippen LogP contribution in [0.1, 0.15) is 43.5 Å². The number of hydrogen-bond donors (Lipinski definition) is 2. The standard InChI is InChI=1S/C20H11F6N5O2S/c21-9-4-10(22)17(11(23)5-9)18(33)8-3-12(27-7-8)14(32)1-2-16-30-31-19(34-16)13-6-15(29-28-13)20(24,25)26/h3-7,27H,1-2H2,(H,28,29). The molecule has 0 fully saturated rings. The average Bonchev–Trinajstić information content (AvgIpc) is 3.51. The van der Waals surface area contributed by atoms with Crippen molar-refractivity contribution in [1.29, 1.82) is 0 Å². The molecule has 0 unspecified atom stereocenters. The summed E-state index contributed by atoms with van der Waals surface area (Å²) in [6.45, 7) is 0. The van der Waals surface area contributed by atoms with Crippen LogP contribution in [0.2, 0.25) is 0 Å². The van der Waals surface area contributed by atoms with E-state index in [0.717, 1.165) is 29.7 Å². The number of H-pyrrole nitrogens is 2. The Bertz CT molecular complexity index is 1370. The van der Waals surface area contributed by atoms with Crippen molar-refractivity contribution in [2.75, 3.05) is 0 Å². The number of alkyl halides is 3. The summed E-state index contributed by atoms with van der Waals surface area (Å²) in [6, 6.07) is 2.65. The smallest absolute Gasteiger partial charge is 0.358 e. The second-order valence-corrected chi connectivity index (χ2v) is 8.03. The van der Waals surface area contributed by atoms with Crippen LogP contribution in [-0.2, 0) is 12.6 Å². The van der Waals surface area contributed by atoms with E-state index in [-0.39, 0.29) is 34.8 Å². The molecule has 34 heavy (non-hydrogen) atoms. The number of aryl methyl sites for hydroxylation is 1. The second-order valence-electron chi connectivity index (χ2n) is 6.96. The molecule has 0 atom stereocenters. The number of nitrogens with one attached hydrogen (secondary N) is 2. The Balaban J connectivity index is 1.41. The Morgan fingerprint density at radius 3 is 2.35 bits per heavy atom. The zero-order valence-electron chi connectivity index (χ0n) is 16.6. The van der Waals surface area contributed by atoms with E-state index in [4.69, 9.17) is 0 Å². The molecule has 1 aromatic carbocycles. The van der Waals surface area contributed by atoms with Gasteiger partial charge in [-0.1, -0.05) is 11.3 Å². The molecule has 0 saturated heterocycles. The van der Waals surface area contributed by atoms with Crippen LogP contribution in [0.4, 0.5) is 26.3 Å². The summed E-state index contributed by atoms with van der Waals surface area (Å²) < 4.78 is 78.8. The van der Waals surface area contributed by atoms with Crippen molar-refractivity contribution in [3.8, 4) is 10.7 Å². The molecule has 0 bridgehead atoms. The molecule has 0 spiro atoms. The lowest BCUT2D eigenvalue weighted by molar-refractivity contribution is -0.141. The van der Waals surface area contributed by atoms with Gasteiger partial charge in [-0.25, -0.2) is 13.2 Å². The minimum absolute atomic E-state index is 0.0156. The lowest BCUT2D eigenvalue weighted by Gasteiger charge is -2.02. The maximum atomic E-state index is 13.9. The highest BCUT2D eigenvalue weighted by atomic mass is 32.1. The van der Waals surface area contributed by atoms with Gasteiger partial charge in [-0.2, -0.15) is 18.3 Å². The van der Waals surface area contributed by atoms with E-state index in [1.54, 1.807) is 0 Å². The Hall–Kier alpha value is -3.81. The summed E-state index contributed by atoms with van der Waals surface area (Å²) in [5.41, 5.74) is -2.25. The number of Topliss-reactive ketones (excluding diaryl/α,β-unsaturated/α-hetero) is 1. The second kappa shape index (κ2) is 8.85. The maximum Gasteiger partial charge on any atom is 0.432 e. The van der Waals surface area contributed by atoms with Gasteiger partial charge in [-0.3, -0.25) is 14.7 Å². The molecule has 0 aliphatic rings. The fourth-order valence-electron chi connectivity index (χ4n) is 2.98. The number of halogens is 6. The number of benzene rings is 1. The number of aromatic nitrogens is 5. The molecule has 4 aromatic rings. The Morgan fingerprint density at radius 2 is 1.71 bits per heavy atom. The molecule has 176 valence electrons. The van der Waals surface area contributed by atoms with Crippen LogP contribution in [0.25, 0.3) is 10.7 Å². The molecule has 2 N–H and O–H groups in total. The van der Waals surface area contributed by atoms with Gasteiger partial charge in [-0.15, -0.1) is 10.2 Å². The third-order valence-electron chi connectivity index (χ3n) is 4.61. The Labute approximate surface area is 189 Å². The normalized spacial score (nSPS) is 11.7. The molecule has 7 nitrogen and oxygen atoms in total. The summed E-state index contributed by atoms with van der Waals surface area (Å²) in [5.74, 6) is -5.46. The van der Waals surface area contributed by atoms with Crippen LogP contribution >= 0.6 is 11.3 Å². The Kier molecular flexibility index (Phi) is 6.08. The first kappa shape index (κ1) is 23.4. The largest absolute Gasteiger partial charge is 0.432 e. The van der Waals surface area contributed by atoms with E-state index in [1.165, 1.54) is 0 Å². The van der Waals surface area contributed by atoms with E-state index >= 15 is 0 Å². The molecule has 0 saturated carbocycles. The van der Waals surface area contributed by atoms with Crippen molar-refractivity contribution in [3.63, 3.8) is 0 Å². The molecule has 3 aromatic heterocycles. The molecule has 0 aliphatic heterocycles. The first-order valence-electron chi connectivity index (χ1n) is 9.39. The number of ketones is 2. The highest BCUT2D eigenvalue weighted by molar-refractivity contribution is 7.14. The van der Waals surface area contributed by atoms with Crippen LogP contribution in [0.3, 0.4) is 0 Å². The molecule has 14 heteroatoms. The van der Waals surface area contributed by atoms with Crippen molar-refractivity contribution >= 4 is 22.9 Å². The first-order chi connectivity index (χ1) is 16.0. The summed E-state index contributed by atoms with van der Waals surface area (Å²) >= 11 is 0.956. The molecule has 0 radical (unpaired) electrons. The van der Waals surface area contributed by atoms with Crippen LogP contribution < -0.4 is 0 Å². The highest BCUT2D eigenvalue weighted by Gasteiger charge is 2.33. The SMILES string of the molecule is O=C(CCc1nnc(-c2cc(C(F)(F)F)[nH]n2)s1)c1cc(C(=O)c2c(F)cc(F)cc2F)c[nH]1. The van der Waals surface area contributed by atoms with Crippen molar-refractivity contribution in [2.45, 2.75) is 19.0 Å². The lowest BCUT2D eigenvalue weighted by atomic mass is 10.0. The quantitative estimate of drug-likeness (QED) is 0.282. The number of nitrogens with zero attached hydrogens (tertiary/aromatic N) is 3. The molecular weight excluding hydrogens is 488 g/mol. The number of carbonyl (C=O) groups is 2. The zero-order chi connectivity index (χ0) is 24.6. The van der Waals surface area contributed by atoms with Gasteiger partial charge in [0.2, 0.25) is 0 Å². The first-order valence-corrected chi connectivity index (χ1v) is 10.2. The summed E-state index contributed by atoms with van der Waals surface area (Å²) in [4.78, 5) is 27.4. The van der Waals surface area contributed by atoms with Gasteiger partial charge in [-0.05, 0) is 12.1 Å². The third-order valence-corrected chi connectivity index (χ3v) is 5.62. The fraction of sp³-hybridized carbons (Fsp3) is 0.150. The van der Waals surface area contributed by atoms with E-state index in [2.05, 4.69) is 20.3 Å². The molecule has 4 rings (SSSR count). The van der Waals surface area contributed by atoms with Crippen molar-refractivity contribution in [1.82, 2.24) is 25.4 Å². The summed E-state index contributed by atoms with van der Waals surface area (Å²) in [6.07, 6.45) is -3.50. The lowest BCUT2D eigenvalue weighted by Crippen LogP contribution is -2.07. The topological polar surface area (TPSA) is 104 Å². The van der Waals surface area contributed by atoms with Gasteiger partial charge in [0.1, 0.15) is 33.8 Å². The molecular formula is C20H11F6N5O2S. The highest BCUT2D eigenvalue weighted by Crippen LogP contribution is 2.31. The fourth-order valence-corrected chi connectivity index (χ4v) is 3.78. The van der Waals surface area contributed by atoms with Gasteiger partial charge < -0.3 is 4.98 Å². The summed E-state index contributed by atoms with van der Waals surface area (Å²) in [7, 11) is 0. The summed E-state index contributed by atoms with van der Waals surface area (Å²) in [5, 5.41) is 13.5. The Morgan fingerprint density at radius 1 is 1.00 bits per heavy atom. The minimum atomic E-state index is -4.59. The van der Waals surface area contributed by atoms with Gasteiger partial charge in [0.15, 0.2) is 16.6 Å². The van der Waals surface area contributed by atoms with Crippen LogP contribution in [0, 0.1) is 17.5 Å². The van der Waals surface area contributed by atoms with E-state index < -0.39 is 46.5 Å². The van der Waals surface area contributed by atoms with Gasteiger partial charge >= 0.3 is 6.18 Å². The van der Waals surface area contributed by atoms with Crippen LogP contribution in [-0.4, -0.2) is 36.9 Å². The monoisotopic (exact) mass is 499 g/mol. The van der Waals surface area contributed by atoms with E-state index in [0.29, 0.717) is 17.1 Å².